The molecule has 110 valence electrons. The van der Waals surface area contributed by atoms with Gasteiger partial charge in [0.2, 0.25) is 0 Å². The normalized spacial score (nSPS) is 12.7. The first-order chi connectivity index (χ1) is 9.37. The van der Waals surface area contributed by atoms with Crippen molar-refractivity contribution in [1.29, 1.82) is 0 Å². The fraction of sp³-hybridized carbons (Fsp3) is 0.529. The van der Waals surface area contributed by atoms with Gasteiger partial charge in [0.1, 0.15) is 8.07 Å². The molecule has 0 spiro atoms. The quantitative estimate of drug-likeness (QED) is 0.264. The van der Waals surface area contributed by atoms with Crippen molar-refractivity contribution in [1.82, 2.24) is 0 Å². The molecule has 1 N–H and O–H groups in total. The lowest BCUT2D eigenvalue weighted by Crippen LogP contribution is -2.16. The van der Waals surface area contributed by atoms with Crippen LogP contribution in [0.25, 0.3) is 0 Å². The van der Waals surface area contributed by atoms with Crippen LogP contribution in [0.3, 0.4) is 0 Å². The van der Waals surface area contributed by atoms with Crippen molar-refractivity contribution in [3.8, 4) is 11.5 Å². The van der Waals surface area contributed by atoms with E-state index in [1.165, 1.54) is 12.0 Å². The van der Waals surface area contributed by atoms with Gasteiger partial charge in [-0.2, -0.15) is 0 Å². The van der Waals surface area contributed by atoms with E-state index < -0.39 is 13.5 Å². The lowest BCUT2D eigenvalue weighted by molar-refractivity contribution is 0.250. The van der Waals surface area contributed by atoms with Gasteiger partial charge in [0.25, 0.3) is 0 Å². The van der Waals surface area contributed by atoms with Crippen LogP contribution in [0.1, 0.15) is 36.8 Å². The molecule has 0 aromatic heterocycles. The van der Waals surface area contributed by atoms with E-state index in [-0.39, 0.29) is 0 Å². The van der Waals surface area contributed by atoms with Crippen molar-refractivity contribution >= 4 is 20.7 Å². The Morgan fingerprint density at radius 1 is 1.10 bits per heavy atom. The summed E-state index contributed by atoms with van der Waals surface area (Å²) in [5.41, 5.74) is 5.42. The first-order valence-electron chi connectivity index (χ1n) is 7.35. The Hall–Kier alpha value is -0.693. The van der Waals surface area contributed by atoms with E-state index >= 15 is 0 Å². The Bertz CT molecular complexity index is 449. The molecule has 0 fully saturated rings. The maximum absolute atomic E-state index is 9.06. The third kappa shape index (κ3) is 8.47. The zero-order chi connectivity index (χ0) is 15.0. The number of unbranched alkanes of at least 4 members (excludes halogenated alkanes) is 2. The molecule has 1 rings (SSSR count). The van der Waals surface area contributed by atoms with Crippen molar-refractivity contribution in [3.63, 3.8) is 0 Å². The smallest absolute Gasteiger partial charge is 0.129 e. The minimum Gasteiger partial charge on any atom is -0.383 e. The molecule has 1 aromatic carbocycles. The maximum atomic E-state index is 9.06. The van der Waals surface area contributed by atoms with Gasteiger partial charge in [-0.15, -0.1) is 18.2 Å². The summed E-state index contributed by atoms with van der Waals surface area (Å²) in [5, 5.41) is 9.06. The Morgan fingerprint density at radius 2 is 1.75 bits per heavy atom. The number of aryl methyl sites for hydroxylation is 1. The van der Waals surface area contributed by atoms with Crippen LogP contribution in [-0.2, 0) is 6.42 Å². The standard InChI is InChI=1S/C17H26OSSi/c1-20(2,3)14-13-16-11-9-15(10-12-16)7-5-4-6-8-17(18)19/h9-12,17-19H,4-8H2,1-3H3. The van der Waals surface area contributed by atoms with Crippen LogP contribution in [0.15, 0.2) is 24.3 Å². The number of hydrogen-bond donors (Lipinski definition) is 2. The van der Waals surface area contributed by atoms with E-state index in [0.717, 1.165) is 31.2 Å². The zero-order valence-electron chi connectivity index (χ0n) is 12.8. The second-order valence-electron chi connectivity index (χ2n) is 6.28. The highest BCUT2D eigenvalue weighted by atomic mass is 32.1. The fourth-order valence-electron chi connectivity index (χ4n) is 1.85. The van der Waals surface area contributed by atoms with Crippen molar-refractivity contribution in [2.45, 2.75) is 57.2 Å². The molecule has 0 aliphatic carbocycles. The summed E-state index contributed by atoms with van der Waals surface area (Å²) in [6, 6.07) is 8.61. The SMILES string of the molecule is C[Si](C)(C)C#Cc1ccc(CCCCCC(O)S)cc1. The molecule has 0 aliphatic heterocycles. The summed E-state index contributed by atoms with van der Waals surface area (Å²) in [6.07, 6.45) is 5.25. The highest BCUT2D eigenvalue weighted by Crippen LogP contribution is 2.11. The second kappa shape index (κ2) is 8.56. The molecule has 0 saturated carbocycles. The predicted molar refractivity (Wildman–Crippen MR) is 93.8 cm³/mol. The number of benzene rings is 1. The molecule has 20 heavy (non-hydrogen) atoms. The van der Waals surface area contributed by atoms with E-state index in [1.807, 2.05) is 0 Å². The van der Waals surface area contributed by atoms with Gasteiger partial charge in [0.05, 0.1) is 5.44 Å². The largest absolute Gasteiger partial charge is 0.383 e. The fourth-order valence-corrected chi connectivity index (χ4v) is 2.55. The van der Waals surface area contributed by atoms with E-state index in [1.54, 1.807) is 0 Å². The second-order valence-corrected chi connectivity index (χ2v) is 11.6. The van der Waals surface area contributed by atoms with Gasteiger partial charge in [-0.1, -0.05) is 50.5 Å². The van der Waals surface area contributed by atoms with Gasteiger partial charge < -0.3 is 5.11 Å². The molecule has 0 bridgehead atoms. The average molecular weight is 307 g/mol. The van der Waals surface area contributed by atoms with Crippen molar-refractivity contribution < 1.29 is 5.11 Å². The summed E-state index contributed by atoms with van der Waals surface area (Å²) in [7, 11) is -1.28. The summed E-state index contributed by atoms with van der Waals surface area (Å²) in [5.74, 6) is 3.28. The molecule has 1 unspecified atom stereocenters. The lowest BCUT2D eigenvalue weighted by Gasteiger charge is -2.05. The molecule has 0 aliphatic rings. The van der Waals surface area contributed by atoms with Crippen molar-refractivity contribution in [3.05, 3.63) is 35.4 Å². The molecule has 3 heteroatoms. The number of rotatable bonds is 6. The monoisotopic (exact) mass is 306 g/mol. The molecular weight excluding hydrogens is 280 g/mol. The summed E-state index contributed by atoms with van der Waals surface area (Å²) in [6.45, 7) is 6.78. The lowest BCUT2D eigenvalue weighted by atomic mass is 10.0. The van der Waals surface area contributed by atoms with Crippen molar-refractivity contribution in [2.24, 2.45) is 0 Å². The minimum absolute atomic E-state index is 0.459. The number of thiol groups is 1. The summed E-state index contributed by atoms with van der Waals surface area (Å²) in [4.78, 5) is 0. The third-order valence-electron chi connectivity index (χ3n) is 2.96. The average Bonchev–Trinajstić information content (AvgIpc) is 2.36. The van der Waals surface area contributed by atoms with Gasteiger partial charge in [-0.3, -0.25) is 0 Å². The molecule has 1 nitrogen and oxygen atoms in total. The number of aliphatic hydroxyl groups is 1. The summed E-state index contributed by atoms with van der Waals surface area (Å²) >= 11 is 3.97. The van der Waals surface area contributed by atoms with Crippen LogP contribution in [0.2, 0.25) is 19.6 Å². The molecule has 0 saturated heterocycles. The van der Waals surface area contributed by atoms with Crippen LogP contribution in [0.5, 0.6) is 0 Å². The predicted octanol–water partition coefficient (Wildman–Crippen LogP) is 4.27. The summed E-state index contributed by atoms with van der Waals surface area (Å²) < 4.78 is 0. The molecule has 1 atom stereocenters. The molecular formula is C17H26OSSi. The van der Waals surface area contributed by atoms with E-state index in [9.17, 15) is 0 Å². The Morgan fingerprint density at radius 3 is 2.30 bits per heavy atom. The van der Waals surface area contributed by atoms with E-state index in [2.05, 4.69) is 68.0 Å². The number of hydrogen-bond acceptors (Lipinski definition) is 2. The van der Waals surface area contributed by atoms with Gasteiger partial charge in [0, 0.05) is 5.56 Å². The van der Waals surface area contributed by atoms with Crippen LogP contribution in [-0.4, -0.2) is 18.6 Å². The first kappa shape index (κ1) is 17.4. The topological polar surface area (TPSA) is 20.2 Å². The maximum Gasteiger partial charge on any atom is 0.129 e. The highest BCUT2D eigenvalue weighted by molar-refractivity contribution is 7.80. The first-order valence-corrected chi connectivity index (χ1v) is 11.4. The molecule has 0 heterocycles. The Balaban J connectivity index is 2.37. The van der Waals surface area contributed by atoms with E-state index in [4.69, 9.17) is 5.11 Å². The Kier molecular flexibility index (Phi) is 7.43. The van der Waals surface area contributed by atoms with Crippen LogP contribution >= 0.6 is 12.6 Å². The van der Waals surface area contributed by atoms with Gasteiger partial charge in [-0.05, 0) is 37.0 Å². The van der Waals surface area contributed by atoms with Gasteiger partial charge >= 0.3 is 0 Å². The number of aliphatic hydroxyl groups excluding tert-OH is 1. The van der Waals surface area contributed by atoms with Crippen LogP contribution in [0, 0.1) is 11.5 Å². The van der Waals surface area contributed by atoms with Crippen LogP contribution in [0.4, 0.5) is 0 Å². The third-order valence-corrected chi connectivity index (χ3v) is 4.10. The molecule has 0 amide bonds. The van der Waals surface area contributed by atoms with Gasteiger partial charge in [0.15, 0.2) is 0 Å². The molecule has 0 radical (unpaired) electrons. The van der Waals surface area contributed by atoms with E-state index in [0.29, 0.717) is 0 Å². The zero-order valence-corrected chi connectivity index (χ0v) is 14.7. The van der Waals surface area contributed by atoms with Crippen LogP contribution < -0.4 is 0 Å². The minimum atomic E-state index is -1.28. The highest BCUT2D eigenvalue weighted by Gasteiger charge is 2.07. The van der Waals surface area contributed by atoms with Gasteiger partial charge in [-0.25, -0.2) is 0 Å². The van der Waals surface area contributed by atoms with Crippen molar-refractivity contribution in [2.75, 3.05) is 0 Å². The Labute approximate surface area is 130 Å². The molecule has 1 aromatic rings.